The lowest BCUT2D eigenvalue weighted by Gasteiger charge is -2.14. The molecule has 0 saturated heterocycles. The third-order valence-corrected chi connectivity index (χ3v) is 5.61. The van der Waals surface area contributed by atoms with Gasteiger partial charge in [-0.2, -0.15) is 0 Å². The molecule has 1 aromatic carbocycles. The third kappa shape index (κ3) is 5.27. The molecule has 7 nitrogen and oxygen atoms in total. The van der Waals surface area contributed by atoms with Crippen LogP contribution in [0.4, 0.5) is 5.88 Å². The molecule has 0 saturated carbocycles. The standard InChI is InChI=1S/C20H23BrN4O3S/c1-11(2)9-25-19(27)14-7-13(21)5-6-15(14)22-20(25)29-10-17(26)23-18-8-16(12(3)4)24-28-18/h5-8,11-12H,9-10H2,1-4H3,(H,23,26). The van der Waals surface area contributed by atoms with E-state index in [1.54, 1.807) is 22.8 Å². The number of anilines is 1. The summed E-state index contributed by atoms with van der Waals surface area (Å²) in [5.41, 5.74) is 1.28. The molecule has 2 heterocycles. The maximum absolute atomic E-state index is 13.0. The lowest BCUT2D eigenvalue weighted by atomic mass is 10.1. The highest BCUT2D eigenvalue weighted by molar-refractivity contribution is 9.10. The summed E-state index contributed by atoms with van der Waals surface area (Å²) in [5, 5.41) is 7.70. The summed E-state index contributed by atoms with van der Waals surface area (Å²) in [6.07, 6.45) is 0. The first-order valence-corrected chi connectivity index (χ1v) is 11.1. The van der Waals surface area contributed by atoms with Crippen molar-refractivity contribution in [3.8, 4) is 0 Å². The number of aromatic nitrogens is 3. The van der Waals surface area contributed by atoms with Crippen LogP contribution in [0.2, 0.25) is 0 Å². The Bertz CT molecular complexity index is 1090. The number of hydrogen-bond donors (Lipinski definition) is 1. The van der Waals surface area contributed by atoms with Crippen molar-refractivity contribution in [2.75, 3.05) is 11.1 Å². The molecule has 1 amide bonds. The van der Waals surface area contributed by atoms with Gasteiger partial charge in [-0.1, -0.05) is 60.5 Å². The van der Waals surface area contributed by atoms with Gasteiger partial charge < -0.3 is 4.52 Å². The lowest BCUT2D eigenvalue weighted by molar-refractivity contribution is -0.113. The average Bonchev–Trinajstić information content (AvgIpc) is 3.11. The highest BCUT2D eigenvalue weighted by Gasteiger charge is 2.16. The highest BCUT2D eigenvalue weighted by atomic mass is 79.9. The van der Waals surface area contributed by atoms with E-state index in [-0.39, 0.29) is 29.1 Å². The molecule has 0 atom stereocenters. The number of benzene rings is 1. The van der Waals surface area contributed by atoms with Crippen LogP contribution in [-0.4, -0.2) is 26.4 Å². The Morgan fingerprint density at radius 2 is 2.03 bits per heavy atom. The van der Waals surface area contributed by atoms with E-state index >= 15 is 0 Å². The summed E-state index contributed by atoms with van der Waals surface area (Å²) < 4.78 is 7.61. The van der Waals surface area contributed by atoms with Gasteiger partial charge in [-0.15, -0.1) is 0 Å². The van der Waals surface area contributed by atoms with Crippen LogP contribution in [0.1, 0.15) is 39.3 Å². The van der Waals surface area contributed by atoms with Gasteiger partial charge in [0, 0.05) is 17.1 Å². The average molecular weight is 479 g/mol. The number of amides is 1. The fourth-order valence-corrected chi connectivity index (χ4v) is 3.90. The molecular weight excluding hydrogens is 456 g/mol. The molecule has 0 aliphatic heterocycles. The third-order valence-electron chi connectivity index (χ3n) is 4.14. The molecule has 154 valence electrons. The minimum atomic E-state index is -0.247. The molecule has 3 rings (SSSR count). The van der Waals surface area contributed by atoms with E-state index in [0.717, 1.165) is 10.2 Å². The number of carbonyl (C=O) groups excluding carboxylic acids is 1. The molecule has 2 aromatic heterocycles. The molecule has 9 heteroatoms. The SMILES string of the molecule is CC(C)Cn1c(SCC(=O)Nc2cc(C(C)C)no2)nc2ccc(Br)cc2c1=O. The molecule has 0 aliphatic carbocycles. The molecule has 1 N–H and O–H groups in total. The highest BCUT2D eigenvalue weighted by Crippen LogP contribution is 2.22. The second kappa shape index (κ2) is 9.13. The molecule has 0 fully saturated rings. The fourth-order valence-electron chi connectivity index (χ4n) is 2.73. The monoisotopic (exact) mass is 478 g/mol. The van der Waals surface area contributed by atoms with Crippen molar-refractivity contribution >= 4 is 50.4 Å². The smallest absolute Gasteiger partial charge is 0.262 e. The van der Waals surface area contributed by atoms with Crippen molar-refractivity contribution in [2.45, 2.75) is 45.3 Å². The van der Waals surface area contributed by atoms with Gasteiger partial charge in [0.1, 0.15) is 0 Å². The van der Waals surface area contributed by atoms with Crippen LogP contribution in [0.5, 0.6) is 0 Å². The largest absolute Gasteiger partial charge is 0.338 e. The van der Waals surface area contributed by atoms with Crippen LogP contribution >= 0.6 is 27.7 Å². The maximum Gasteiger partial charge on any atom is 0.262 e. The van der Waals surface area contributed by atoms with E-state index in [0.29, 0.717) is 28.5 Å². The number of rotatable bonds is 7. The second-order valence-corrected chi connectivity index (χ2v) is 9.33. The van der Waals surface area contributed by atoms with Gasteiger partial charge in [0.25, 0.3) is 5.56 Å². The number of nitrogens with zero attached hydrogens (tertiary/aromatic N) is 3. The number of halogens is 1. The Hall–Kier alpha value is -2.13. The van der Waals surface area contributed by atoms with Crippen LogP contribution < -0.4 is 10.9 Å². The molecule has 3 aromatic rings. The van der Waals surface area contributed by atoms with E-state index in [1.165, 1.54) is 11.8 Å². The van der Waals surface area contributed by atoms with Gasteiger partial charge in [0.2, 0.25) is 11.8 Å². The van der Waals surface area contributed by atoms with Gasteiger partial charge in [0.05, 0.1) is 22.3 Å². The van der Waals surface area contributed by atoms with E-state index in [1.807, 2.05) is 33.8 Å². The van der Waals surface area contributed by atoms with Crippen LogP contribution in [0, 0.1) is 5.92 Å². The first-order chi connectivity index (χ1) is 13.7. The van der Waals surface area contributed by atoms with Crippen molar-refractivity contribution in [2.24, 2.45) is 5.92 Å². The number of hydrogen-bond acceptors (Lipinski definition) is 6. The van der Waals surface area contributed by atoms with Crippen LogP contribution in [0.3, 0.4) is 0 Å². The quantitative estimate of drug-likeness (QED) is 0.392. The summed E-state index contributed by atoms with van der Waals surface area (Å²) in [5.74, 6) is 0.643. The fraction of sp³-hybridized carbons (Fsp3) is 0.400. The first-order valence-electron chi connectivity index (χ1n) is 9.34. The van der Waals surface area contributed by atoms with E-state index < -0.39 is 0 Å². The Kier molecular flexibility index (Phi) is 6.79. The molecule has 0 aliphatic rings. The predicted octanol–water partition coefficient (Wildman–Crippen LogP) is 4.66. The Morgan fingerprint density at radius 3 is 2.69 bits per heavy atom. The van der Waals surface area contributed by atoms with Gasteiger partial charge in [0.15, 0.2) is 5.16 Å². The summed E-state index contributed by atoms with van der Waals surface area (Å²) in [6, 6.07) is 7.14. The summed E-state index contributed by atoms with van der Waals surface area (Å²) in [4.78, 5) is 30.0. The number of nitrogens with one attached hydrogen (secondary N) is 1. The molecule has 0 radical (unpaired) electrons. The van der Waals surface area contributed by atoms with Gasteiger partial charge >= 0.3 is 0 Å². The van der Waals surface area contributed by atoms with Gasteiger partial charge in [-0.05, 0) is 30.0 Å². The zero-order chi connectivity index (χ0) is 21.1. The van der Waals surface area contributed by atoms with Crippen LogP contribution in [0.15, 0.2) is 43.2 Å². The number of carbonyl (C=O) groups is 1. The predicted molar refractivity (Wildman–Crippen MR) is 118 cm³/mol. The van der Waals surface area contributed by atoms with Crippen molar-refractivity contribution < 1.29 is 9.32 Å². The van der Waals surface area contributed by atoms with Gasteiger partial charge in [-0.3, -0.25) is 19.5 Å². The van der Waals surface area contributed by atoms with Gasteiger partial charge in [-0.25, -0.2) is 4.98 Å². The van der Waals surface area contributed by atoms with Crippen molar-refractivity contribution in [1.29, 1.82) is 0 Å². The zero-order valence-electron chi connectivity index (χ0n) is 16.7. The minimum Gasteiger partial charge on any atom is -0.338 e. The molecule has 0 bridgehead atoms. The normalized spacial score (nSPS) is 11.6. The van der Waals surface area contributed by atoms with Crippen LogP contribution in [0.25, 0.3) is 10.9 Å². The van der Waals surface area contributed by atoms with E-state index in [9.17, 15) is 9.59 Å². The van der Waals surface area contributed by atoms with Crippen LogP contribution in [-0.2, 0) is 11.3 Å². The second-order valence-electron chi connectivity index (χ2n) is 7.47. The maximum atomic E-state index is 13.0. The summed E-state index contributed by atoms with van der Waals surface area (Å²) in [6.45, 7) is 8.59. The molecule has 29 heavy (non-hydrogen) atoms. The molecular formula is C20H23BrN4O3S. The van der Waals surface area contributed by atoms with E-state index in [4.69, 9.17) is 4.52 Å². The number of fused-ring (bicyclic) bond motifs is 1. The van der Waals surface area contributed by atoms with E-state index in [2.05, 4.69) is 31.4 Å². The first kappa shape index (κ1) is 21.6. The van der Waals surface area contributed by atoms with Crippen molar-refractivity contribution in [3.63, 3.8) is 0 Å². The summed E-state index contributed by atoms with van der Waals surface area (Å²) >= 11 is 4.63. The minimum absolute atomic E-state index is 0.101. The lowest BCUT2D eigenvalue weighted by Crippen LogP contribution is -2.26. The van der Waals surface area contributed by atoms with Crippen molar-refractivity contribution in [3.05, 3.63) is 44.8 Å². The number of thioether (sulfide) groups is 1. The Morgan fingerprint density at radius 1 is 1.28 bits per heavy atom. The zero-order valence-corrected chi connectivity index (χ0v) is 19.1. The summed E-state index contributed by atoms with van der Waals surface area (Å²) in [7, 11) is 0. The molecule has 0 unspecified atom stereocenters. The Labute approximate surface area is 181 Å². The Balaban J connectivity index is 1.81. The topological polar surface area (TPSA) is 90.0 Å². The van der Waals surface area contributed by atoms with Crippen molar-refractivity contribution in [1.82, 2.24) is 14.7 Å². The molecule has 0 spiro atoms.